The molecule has 1 saturated heterocycles. The third-order valence-corrected chi connectivity index (χ3v) is 6.79. The second kappa shape index (κ2) is 10.3. The third kappa shape index (κ3) is 5.02. The molecule has 182 valence electrons. The van der Waals surface area contributed by atoms with Gasteiger partial charge in [0.05, 0.1) is 17.8 Å². The average molecular weight is 496 g/mol. The van der Waals surface area contributed by atoms with Gasteiger partial charge < -0.3 is 20.1 Å². The standard InChI is InChI=1S/C29H29N5OS/c1-20-8-5-10-22(18-20)31-26(35)14-17-34-28(27(32-29(34)36)24-12-3-4-15-30-24)25-13-7-16-33(25)23-11-6-9-21(2)19-23/h3-13,15-16,18-19,27-28H,14,17H2,1-2H3,(H,31,35)(H,32,36)/t27-,28+/m1/s1. The van der Waals surface area contributed by atoms with E-state index < -0.39 is 0 Å². The first kappa shape index (κ1) is 23.8. The van der Waals surface area contributed by atoms with Crippen LogP contribution in [0, 0.1) is 13.8 Å². The minimum Gasteiger partial charge on any atom is -0.352 e. The molecule has 5 rings (SSSR count). The van der Waals surface area contributed by atoms with Crippen LogP contribution in [0.15, 0.2) is 91.3 Å². The largest absolute Gasteiger partial charge is 0.352 e. The fraction of sp³-hybridized carbons (Fsp3) is 0.207. The summed E-state index contributed by atoms with van der Waals surface area (Å²) in [4.78, 5) is 19.6. The van der Waals surface area contributed by atoms with Gasteiger partial charge >= 0.3 is 0 Å². The van der Waals surface area contributed by atoms with Crippen LogP contribution in [0.25, 0.3) is 5.69 Å². The summed E-state index contributed by atoms with van der Waals surface area (Å²) in [5.74, 6) is -0.0440. The maximum absolute atomic E-state index is 12.8. The van der Waals surface area contributed by atoms with Crippen LogP contribution in [-0.2, 0) is 4.79 Å². The number of aromatic nitrogens is 2. The number of nitrogens with one attached hydrogen (secondary N) is 2. The summed E-state index contributed by atoms with van der Waals surface area (Å²) in [6.07, 6.45) is 4.19. The number of carbonyl (C=O) groups is 1. The van der Waals surface area contributed by atoms with E-state index in [0.29, 0.717) is 18.1 Å². The number of hydrogen-bond acceptors (Lipinski definition) is 3. The van der Waals surface area contributed by atoms with Gasteiger partial charge in [-0.2, -0.15) is 0 Å². The quantitative estimate of drug-likeness (QED) is 0.332. The fourth-order valence-electron chi connectivity index (χ4n) is 4.78. The summed E-state index contributed by atoms with van der Waals surface area (Å²) in [5.41, 5.74) is 6.19. The molecule has 7 heteroatoms. The summed E-state index contributed by atoms with van der Waals surface area (Å²) >= 11 is 5.79. The highest BCUT2D eigenvalue weighted by Crippen LogP contribution is 2.39. The lowest BCUT2D eigenvalue weighted by Gasteiger charge is -2.29. The van der Waals surface area contributed by atoms with Gasteiger partial charge in [0.15, 0.2) is 5.11 Å². The van der Waals surface area contributed by atoms with Crippen LogP contribution in [-0.4, -0.2) is 32.0 Å². The van der Waals surface area contributed by atoms with E-state index >= 15 is 0 Å². The number of thiocarbonyl (C=S) groups is 1. The fourth-order valence-corrected chi connectivity index (χ4v) is 5.12. The highest BCUT2D eigenvalue weighted by atomic mass is 32.1. The van der Waals surface area contributed by atoms with Crippen molar-refractivity contribution in [2.24, 2.45) is 0 Å². The minimum absolute atomic E-state index is 0.0440. The van der Waals surface area contributed by atoms with Crippen LogP contribution >= 0.6 is 12.2 Å². The third-order valence-electron chi connectivity index (χ3n) is 6.44. The van der Waals surface area contributed by atoms with Crippen molar-refractivity contribution in [1.82, 2.24) is 19.8 Å². The Morgan fingerprint density at radius 2 is 1.81 bits per heavy atom. The van der Waals surface area contributed by atoms with Crippen molar-refractivity contribution in [2.75, 3.05) is 11.9 Å². The Balaban J connectivity index is 1.44. The molecule has 0 saturated carbocycles. The van der Waals surface area contributed by atoms with Crippen LogP contribution in [0.2, 0.25) is 0 Å². The molecule has 2 atom stereocenters. The molecule has 1 aliphatic rings. The molecule has 2 aromatic heterocycles. The second-order valence-corrected chi connectivity index (χ2v) is 9.52. The molecule has 6 nitrogen and oxygen atoms in total. The van der Waals surface area contributed by atoms with E-state index in [4.69, 9.17) is 12.2 Å². The zero-order chi connectivity index (χ0) is 25.1. The number of hydrogen-bond donors (Lipinski definition) is 2. The lowest BCUT2D eigenvalue weighted by Crippen LogP contribution is -2.33. The van der Waals surface area contributed by atoms with Crippen LogP contribution in [0.4, 0.5) is 5.69 Å². The van der Waals surface area contributed by atoms with Crippen molar-refractivity contribution < 1.29 is 4.79 Å². The van der Waals surface area contributed by atoms with Crippen molar-refractivity contribution in [3.8, 4) is 5.69 Å². The maximum atomic E-state index is 12.8. The van der Waals surface area contributed by atoms with E-state index in [2.05, 4.69) is 74.6 Å². The molecular weight excluding hydrogens is 466 g/mol. The van der Waals surface area contributed by atoms with Gasteiger partial charge in [0, 0.05) is 42.4 Å². The van der Waals surface area contributed by atoms with Crippen LogP contribution in [0.3, 0.4) is 0 Å². The Morgan fingerprint density at radius 1 is 1.00 bits per heavy atom. The summed E-state index contributed by atoms with van der Waals surface area (Å²) < 4.78 is 2.20. The monoisotopic (exact) mass is 495 g/mol. The summed E-state index contributed by atoms with van der Waals surface area (Å²) in [7, 11) is 0. The van der Waals surface area contributed by atoms with Gasteiger partial charge in [-0.05, 0) is 85.7 Å². The lowest BCUT2D eigenvalue weighted by atomic mass is 10.0. The first-order valence-corrected chi connectivity index (χ1v) is 12.5. The Labute approximate surface area is 217 Å². The number of anilines is 1. The molecule has 1 amide bonds. The predicted octanol–water partition coefficient (Wildman–Crippen LogP) is 5.49. The second-order valence-electron chi connectivity index (χ2n) is 9.13. The number of aryl methyl sites for hydroxylation is 2. The van der Waals surface area contributed by atoms with Gasteiger partial charge in [-0.15, -0.1) is 0 Å². The molecule has 36 heavy (non-hydrogen) atoms. The zero-order valence-corrected chi connectivity index (χ0v) is 21.2. The van der Waals surface area contributed by atoms with Gasteiger partial charge in [0.1, 0.15) is 0 Å². The molecule has 0 unspecified atom stereocenters. The molecule has 2 aromatic carbocycles. The van der Waals surface area contributed by atoms with Crippen molar-refractivity contribution >= 4 is 28.9 Å². The van der Waals surface area contributed by atoms with E-state index in [1.165, 1.54) is 5.56 Å². The molecule has 3 heterocycles. The van der Waals surface area contributed by atoms with Gasteiger partial charge in [-0.3, -0.25) is 9.78 Å². The van der Waals surface area contributed by atoms with Gasteiger partial charge in [0.2, 0.25) is 5.91 Å². The number of benzene rings is 2. The number of rotatable bonds is 7. The molecule has 0 spiro atoms. The van der Waals surface area contributed by atoms with E-state index in [-0.39, 0.29) is 18.0 Å². The highest BCUT2D eigenvalue weighted by Gasteiger charge is 2.41. The Morgan fingerprint density at radius 3 is 2.56 bits per heavy atom. The van der Waals surface area contributed by atoms with E-state index in [1.54, 1.807) is 6.20 Å². The van der Waals surface area contributed by atoms with Crippen molar-refractivity contribution in [2.45, 2.75) is 32.4 Å². The molecule has 4 aromatic rings. The number of nitrogens with zero attached hydrogens (tertiary/aromatic N) is 3. The maximum Gasteiger partial charge on any atom is 0.226 e. The molecule has 0 bridgehead atoms. The Kier molecular flexibility index (Phi) is 6.82. The summed E-state index contributed by atoms with van der Waals surface area (Å²) in [6, 6.07) is 26.1. The Bertz CT molecular complexity index is 1380. The molecule has 0 radical (unpaired) electrons. The molecule has 0 aliphatic carbocycles. The SMILES string of the molecule is Cc1cccc(NC(=O)CCN2C(=S)N[C@H](c3ccccn3)[C@@H]2c2cccn2-c2cccc(C)c2)c1. The van der Waals surface area contributed by atoms with Crippen LogP contribution in [0.5, 0.6) is 0 Å². The number of amides is 1. The molecule has 1 fully saturated rings. The minimum atomic E-state index is -0.142. The first-order valence-electron chi connectivity index (χ1n) is 12.1. The van der Waals surface area contributed by atoms with Crippen molar-refractivity contribution in [3.05, 3.63) is 114 Å². The number of carbonyl (C=O) groups excluding carboxylic acids is 1. The topological polar surface area (TPSA) is 62.2 Å². The first-order chi connectivity index (χ1) is 17.5. The van der Waals surface area contributed by atoms with Crippen molar-refractivity contribution in [3.63, 3.8) is 0 Å². The normalized spacial score (nSPS) is 17.2. The van der Waals surface area contributed by atoms with Gasteiger partial charge in [-0.25, -0.2) is 0 Å². The number of pyridine rings is 1. The predicted molar refractivity (Wildman–Crippen MR) is 147 cm³/mol. The Hall–Kier alpha value is -3.97. The van der Waals surface area contributed by atoms with Crippen LogP contribution < -0.4 is 10.6 Å². The zero-order valence-electron chi connectivity index (χ0n) is 20.4. The van der Waals surface area contributed by atoms with Crippen molar-refractivity contribution in [1.29, 1.82) is 0 Å². The van der Waals surface area contributed by atoms with E-state index in [9.17, 15) is 4.79 Å². The molecule has 1 aliphatic heterocycles. The van der Waals surface area contributed by atoms with Gasteiger partial charge in [0.25, 0.3) is 0 Å². The van der Waals surface area contributed by atoms with Gasteiger partial charge in [-0.1, -0.05) is 30.3 Å². The summed E-state index contributed by atoms with van der Waals surface area (Å²) in [6.45, 7) is 4.58. The van der Waals surface area contributed by atoms with Crippen LogP contribution in [0.1, 0.15) is 41.0 Å². The summed E-state index contributed by atoms with van der Waals surface area (Å²) in [5, 5.41) is 7.11. The molecular formula is C29H29N5OS. The molecule has 2 N–H and O–H groups in total. The van der Waals surface area contributed by atoms with E-state index in [1.807, 2.05) is 49.4 Å². The lowest BCUT2D eigenvalue weighted by molar-refractivity contribution is -0.116. The average Bonchev–Trinajstić information content (AvgIpc) is 3.47. The van der Waals surface area contributed by atoms with E-state index in [0.717, 1.165) is 28.3 Å². The smallest absolute Gasteiger partial charge is 0.226 e. The highest BCUT2D eigenvalue weighted by molar-refractivity contribution is 7.80.